The van der Waals surface area contributed by atoms with Crippen LogP contribution in [0.1, 0.15) is 6.92 Å². The lowest BCUT2D eigenvalue weighted by molar-refractivity contribution is 0.340. The molecular formula is C24H20ClNO4. The molecule has 0 fully saturated rings. The summed E-state index contributed by atoms with van der Waals surface area (Å²) in [6.45, 7) is 2.48. The van der Waals surface area contributed by atoms with E-state index >= 15 is 0 Å². The number of rotatable bonds is 5. The third-order valence-electron chi connectivity index (χ3n) is 4.58. The Hall–Kier alpha value is -3.44. The van der Waals surface area contributed by atoms with Crippen LogP contribution in [0.2, 0.25) is 5.02 Å². The lowest BCUT2D eigenvalue weighted by Crippen LogP contribution is -2.04. The highest BCUT2D eigenvalue weighted by atomic mass is 35.5. The van der Waals surface area contributed by atoms with Gasteiger partial charge in [0.1, 0.15) is 34.3 Å². The van der Waals surface area contributed by atoms with Crippen molar-refractivity contribution in [2.75, 3.05) is 13.7 Å². The summed E-state index contributed by atoms with van der Waals surface area (Å²) in [7, 11) is 1.62. The predicted molar refractivity (Wildman–Crippen MR) is 118 cm³/mol. The fourth-order valence-electron chi connectivity index (χ4n) is 3.11. The van der Waals surface area contributed by atoms with Gasteiger partial charge in [-0.3, -0.25) is 0 Å². The molecule has 1 N–H and O–H groups in total. The largest absolute Gasteiger partial charge is 0.506 e. The minimum Gasteiger partial charge on any atom is -0.506 e. The summed E-state index contributed by atoms with van der Waals surface area (Å²) in [5, 5.41) is 12.1. The molecule has 3 aromatic carbocycles. The van der Waals surface area contributed by atoms with E-state index in [1.165, 1.54) is 6.07 Å². The Morgan fingerprint density at radius 3 is 2.47 bits per heavy atom. The molecule has 0 aliphatic carbocycles. The van der Waals surface area contributed by atoms with Crippen molar-refractivity contribution < 1.29 is 19.0 Å². The molecule has 1 heterocycles. The van der Waals surface area contributed by atoms with Gasteiger partial charge >= 0.3 is 0 Å². The second kappa shape index (κ2) is 8.51. The van der Waals surface area contributed by atoms with Gasteiger partial charge in [0, 0.05) is 22.0 Å². The SMILES string of the molecule is CCOc1ccc2oc(-c3ccc(OC)cc3)cc(=Nc3cc(Cl)ccc3O)c2c1. The van der Waals surface area contributed by atoms with E-state index in [9.17, 15) is 5.11 Å². The van der Waals surface area contributed by atoms with E-state index in [0.717, 1.165) is 16.7 Å². The third-order valence-corrected chi connectivity index (χ3v) is 4.81. The number of fused-ring (bicyclic) bond motifs is 1. The molecule has 0 bridgehead atoms. The minimum atomic E-state index is 0.0419. The van der Waals surface area contributed by atoms with Gasteiger partial charge in [-0.05, 0) is 67.6 Å². The van der Waals surface area contributed by atoms with Crippen LogP contribution in [0, 0.1) is 0 Å². The standard InChI is InChI=1S/C24H20ClNO4/c1-3-29-18-9-11-23-19(13-18)20(26-21-12-16(25)6-10-22(21)27)14-24(30-23)15-4-7-17(28-2)8-5-15/h4-14,27H,3H2,1-2H3. The average Bonchev–Trinajstić information content (AvgIpc) is 2.76. The fourth-order valence-corrected chi connectivity index (χ4v) is 3.28. The molecule has 0 saturated carbocycles. The smallest absolute Gasteiger partial charge is 0.141 e. The fraction of sp³-hybridized carbons (Fsp3) is 0.125. The van der Waals surface area contributed by atoms with Crippen LogP contribution in [0.3, 0.4) is 0 Å². The van der Waals surface area contributed by atoms with Crippen molar-refractivity contribution in [3.05, 3.63) is 77.1 Å². The number of hydrogen-bond donors (Lipinski definition) is 1. The van der Waals surface area contributed by atoms with Crippen LogP contribution in [-0.4, -0.2) is 18.8 Å². The van der Waals surface area contributed by atoms with Crippen molar-refractivity contribution in [2.45, 2.75) is 6.92 Å². The summed E-state index contributed by atoms with van der Waals surface area (Å²) in [5.41, 5.74) is 1.89. The topological polar surface area (TPSA) is 64.2 Å². The molecule has 152 valence electrons. The van der Waals surface area contributed by atoms with E-state index in [1.807, 2.05) is 55.5 Å². The van der Waals surface area contributed by atoms with Crippen molar-refractivity contribution in [3.8, 4) is 28.6 Å². The number of phenols is 1. The molecule has 5 nitrogen and oxygen atoms in total. The molecule has 4 aromatic rings. The van der Waals surface area contributed by atoms with Gasteiger partial charge in [0.15, 0.2) is 0 Å². The van der Waals surface area contributed by atoms with Gasteiger partial charge in [-0.1, -0.05) is 11.6 Å². The lowest BCUT2D eigenvalue weighted by atomic mass is 10.1. The highest BCUT2D eigenvalue weighted by Gasteiger charge is 2.09. The molecule has 0 unspecified atom stereocenters. The van der Waals surface area contributed by atoms with Crippen molar-refractivity contribution in [2.24, 2.45) is 4.99 Å². The van der Waals surface area contributed by atoms with Crippen LogP contribution in [0.4, 0.5) is 5.69 Å². The van der Waals surface area contributed by atoms with Crippen molar-refractivity contribution in [3.63, 3.8) is 0 Å². The van der Waals surface area contributed by atoms with E-state index in [-0.39, 0.29) is 5.75 Å². The first kappa shape index (κ1) is 19.9. The van der Waals surface area contributed by atoms with Gasteiger partial charge in [0.2, 0.25) is 0 Å². The van der Waals surface area contributed by atoms with Crippen LogP contribution in [-0.2, 0) is 0 Å². The van der Waals surface area contributed by atoms with E-state index in [4.69, 9.17) is 25.5 Å². The highest BCUT2D eigenvalue weighted by molar-refractivity contribution is 6.30. The zero-order valence-electron chi connectivity index (χ0n) is 16.6. The van der Waals surface area contributed by atoms with E-state index < -0.39 is 0 Å². The van der Waals surface area contributed by atoms with Crippen molar-refractivity contribution >= 4 is 28.3 Å². The predicted octanol–water partition coefficient (Wildman–Crippen LogP) is 6.10. The molecule has 6 heteroatoms. The monoisotopic (exact) mass is 421 g/mol. The maximum Gasteiger partial charge on any atom is 0.141 e. The van der Waals surface area contributed by atoms with Gasteiger partial charge in [0.05, 0.1) is 19.1 Å². The number of aromatic hydroxyl groups is 1. The molecule has 0 aliphatic heterocycles. The number of phenolic OH excluding ortho intramolecular Hbond substituents is 1. The number of benzene rings is 3. The first-order chi connectivity index (χ1) is 14.6. The molecule has 4 rings (SSSR count). The van der Waals surface area contributed by atoms with Gasteiger partial charge in [-0.2, -0.15) is 0 Å². The Morgan fingerprint density at radius 1 is 0.967 bits per heavy atom. The average molecular weight is 422 g/mol. The Bertz CT molecular complexity index is 1260. The molecular weight excluding hydrogens is 402 g/mol. The second-order valence-electron chi connectivity index (χ2n) is 6.56. The van der Waals surface area contributed by atoms with Crippen LogP contribution >= 0.6 is 11.6 Å². The number of ether oxygens (including phenoxy) is 2. The molecule has 0 amide bonds. The normalized spacial score (nSPS) is 11.6. The van der Waals surface area contributed by atoms with Crippen molar-refractivity contribution in [1.82, 2.24) is 0 Å². The summed E-state index contributed by atoms with van der Waals surface area (Å²) >= 11 is 6.10. The number of hydrogen-bond acceptors (Lipinski definition) is 5. The summed E-state index contributed by atoms with van der Waals surface area (Å²) < 4.78 is 17.0. The Kier molecular flexibility index (Phi) is 5.63. The molecule has 0 aliphatic rings. The van der Waals surface area contributed by atoms with Crippen LogP contribution < -0.4 is 14.8 Å². The van der Waals surface area contributed by atoms with Crippen LogP contribution in [0.5, 0.6) is 17.2 Å². The van der Waals surface area contributed by atoms with Gasteiger partial charge in [-0.25, -0.2) is 4.99 Å². The van der Waals surface area contributed by atoms with E-state index in [1.54, 1.807) is 19.2 Å². The number of methoxy groups -OCH3 is 1. The first-order valence-electron chi connectivity index (χ1n) is 9.46. The molecule has 0 spiro atoms. The maximum absolute atomic E-state index is 10.2. The van der Waals surface area contributed by atoms with E-state index in [2.05, 4.69) is 4.99 Å². The summed E-state index contributed by atoms with van der Waals surface area (Å²) in [6.07, 6.45) is 0. The maximum atomic E-state index is 10.2. The molecule has 1 aromatic heterocycles. The van der Waals surface area contributed by atoms with Gasteiger partial charge < -0.3 is 19.0 Å². The van der Waals surface area contributed by atoms with E-state index in [0.29, 0.717) is 39.8 Å². The summed E-state index contributed by atoms with van der Waals surface area (Å²) in [4.78, 5) is 4.68. The van der Waals surface area contributed by atoms with Gasteiger partial charge in [0.25, 0.3) is 0 Å². The lowest BCUT2D eigenvalue weighted by Gasteiger charge is -2.08. The highest BCUT2D eigenvalue weighted by Crippen LogP contribution is 2.30. The van der Waals surface area contributed by atoms with Crippen molar-refractivity contribution in [1.29, 1.82) is 0 Å². The van der Waals surface area contributed by atoms with Gasteiger partial charge in [-0.15, -0.1) is 0 Å². The van der Waals surface area contributed by atoms with Crippen LogP contribution in [0.25, 0.3) is 22.3 Å². The Morgan fingerprint density at radius 2 is 1.73 bits per heavy atom. The quantitative estimate of drug-likeness (QED) is 0.423. The molecule has 0 atom stereocenters. The second-order valence-corrected chi connectivity index (χ2v) is 7.00. The Balaban J connectivity index is 1.97. The van der Waals surface area contributed by atoms with Crippen LogP contribution in [0.15, 0.2) is 76.1 Å². The molecule has 0 radical (unpaired) electrons. The minimum absolute atomic E-state index is 0.0419. The molecule has 30 heavy (non-hydrogen) atoms. The first-order valence-corrected chi connectivity index (χ1v) is 9.83. The summed E-state index contributed by atoms with van der Waals surface area (Å²) in [5.74, 6) is 2.15. The third kappa shape index (κ3) is 4.11. The Labute approximate surface area is 178 Å². The zero-order valence-corrected chi connectivity index (χ0v) is 17.3. The number of nitrogens with zero attached hydrogens (tertiary/aromatic N) is 1. The zero-order chi connectivity index (χ0) is 21.1. The molecule has 0 saturated heterocycles. The number of halogens is 1. The summed E-state index contributed by atoms with van der Waals surface area (Å²) in [6, 6.07) is 19.7.